The molecule has 2 aliphatic rings. The number of carbonyl (C=O) groups is 2. The summed E-state index contributed by atoms with van der Waals surface area (Å²) in [6.45, 7) is 1.61. The van der Waals surface area contributed by atoms with Crippen molar-refractivity contribution >= 4 is 23.7 Å². The van der Waals surface area contributed by atoms with Crippen molar-refractivity contribution in [3.8, 4) is 0 Å². The highest BCUT2D eigenvalue weighted by atomic mass is 16.2. The number of H-pyrrole nitrogens is 1. The van der Waals surface area contributed by atoms with Crippen molar-refractivity contribution < 1.29 is 14.6 Å². The number of hydrogen-bond acceptors (Lipinski definition) is 2. The minimum absolute atomic E-state index is 0.0391. The van der Waals surface area contributed by atoms with Crippen LogP contribution in [0.25, 0.3) is 6.08 Å². The zero-order chi connectivity index (χ0) is 19.3. The van der Waals surface area contributed by atoms with Crippen molar-refractivity contribution in [2.75, 3.05) is 18.4 Å². The minimum Gasteiger partial charge on any atom is -0.339 e. The molecule has 1 aromatic carbocycles. The van der Waals surface area contributed by atoms with Crippen LogP contribution < -0.4 is 10.3 Å². The van der Waals surface area contributed by atoms with Gasteiger partial charge in [0.15, 0.2) is 0 Å². The molecule has 2 aliphatic heterocycles. The Morgan fingerprint density at radius 2 is 2.00 bits per heavy atom. The van der Waals surface area contributed by atoms with Crippen LogP contribution in [0.5, 0.6) is 0 Å². The number of aromatic amines is 1. The standard InChI is InChI=1S/C23H25N3O2/c27-21-10-9-20-15-17(16-24-23(20)25-21)8-11-22(28)26-13-4-7-19(12-14-26)18-5-2-1-3-6-18/h1-3,5-6,8,11,15-16,19H,4,7,9-10,12-14H2,(H,24,25,27)/p+1/b11-8+. The second-order valence-corrected chi connectivity index (χ2v) is 7.58. The molecule has 1 aromatic heterocycles. The van der Waals surface area contributed by atoms with Crippen molar-refractivity contribution in [1.82, 2.24) is 4.90 Å². The highest BCUT2D eigenvalue weighted by Gasteiger charge is 2.22. The van der Waals surface area contributed by atoms with Gasteiger partial charge in [0.2, 0.25) is 5.91 Å². The van der Waals surface area contributed by atoms with Gasteiger partial charge in [-0.15, -0.1) is 0 Å². The second kappa shape index (κ2) is 8.38. The molecule has 0 aliphatic carbocycles. The van der Waals surface area contributed by atoms with Gasteiger partial charge in [0.1, 0.15) is 0 Å². The lowest BCUT2D eigenvalue weighted by Gasteiger charge is -2.19. The Bertz CT molecular complexity index is 892. The van der Waals surface area contributed by atoms with E-state index < -0.39 is 0 Å². The zero-order valence-corrected chi connectivity index (χ0v) is 16.0. The van der Waals surface area contributed by atoms with Crippen LogP contribution in [0.2, 0.25) is 0 Å². The van der Waals surface area contributed by atoms with E-state index in [9.17, 15) is 9.59 Å². The quantitative estimate of drug-likeness (QED) is 0.836. The number of rotatable bonds is 3. The van der Waals surface area contributed by atoms with Crippen LogP contribution in [0.3, 0.4) is 0 Å². The van der Waals surface area contributed by atoms with E-state index in [1.54, 1.807) is 6.08 Å². The lowest BCUT2D eigenvalue weighted by atomic mass is 9.92. The molecule has 0 radical (unpaired) electrons. The number of nitrogens with one attached hydrogen (secondary N) is 2. The molecular formula is C23H26N3O2+. The van der Waals surface area contributed by atoms with Gasteiger partial charge in [0.05, 0.1) is 12.6 Å². The SMILES string of the molecule is O=C1CCc2cc(/C=C/C(=O)N3CCCC(c4ccccc4)CC3)c[nH+]c2N1. The molecule has 1 saturated heterocycles. The van der Waals surface area contributed by atoms with Crippen molar-refractivity contribution in [1.29, 1.82) is 0 Å². The van der Waals surface area contributed by atoms with E-state index in [1.807, 2.05) is 29.3 Å². The Morgan fingerprint density at radius 3 is 2.86 bits per heavy atom. The van der Waals surface area contributed by atoms with Crippen LogP contribution in [0, 0.1) is 0 Å². The van der Waals surface area contributed by atoms with Crippen LogP contribution in [-0.4, -0.2) is 29.8 Å². The van der Waals surface area contributed by atoms with Gasteiger partial charge in [-0.25, -0.2) is 15.1 Å². The number of aromatic nitrogens is 1. The lowest BCUT2D eigenvalue weighted by molar-refractivity contribution is -0.361. The molecular weight excluding hydrogens is 350 g/mol. The Balaban J connectivity index is 1.38. The number of benzene rings is 1. The molecule has 1 unspecified atom stereocenters. The first-order valence-corrected chi connectivity index (χ1v) is 10.1. The van der Waals surface area contributed by atoms with Gasteiger partial charge >= 0.3 is 5.91 Å². The third kappa shape index (κ3) is 4.30. The fourth-order valence-electron chi connectivity index (χ4n) is 4.07. The van der Waals surface area contributed by atoms with E-state index in [-0.39, 0.29) is 11.8 Å². The maximum absolute atomic E-state index is 12.7. The summed E-state index contributed by atoms with van der Waals surface area (Å²) in [6, 6.07) is 12.6. The van der Waals surface area contributed by atoms with Gasteiger partial charge in [-0.3, -0.25) is 4.79 Å². The fraction of sp³-hybridized carbons (Fsp3) is 0.348. The van der Waals surface area contributed by atoms with Gasteiger partial charge < -0.3 is 4.90 Å². The molecule has 1 fully saturated rings. The third-order valence-electron chi connectivity index (χ3n) is 5.66. The zero-order valence-electron chi connectivity index (χ0n) is 16.0. The molecule has 2 aromatic rings. The maximum atomic E-state index is 12.7. The number of aryl methyl sites for hydroxylation is 1. The molecule has 3 heterocycles. The van der Waals surface area contributed by atoms with Crippen LogP contribution >= 0.6 is 0 Å². The topological polar surface area (TPSA) is 63.6 Å². The number of anilines is 1. The molecule has 144 valence electrons. The summed E-state index contributed by atoms with van der Waals surface area (Å²) >= 11 is 0. The Labute approximate surface area is 165 Å². The van der Waals surface area contributed by atoms with E-state index in [4.69, 9.17) is 0 Å². The van der Waals surface area contributed by atoms with Crippen LogP contribution in [0.1, 0.15) is 48.3 Å². The first-order valence-electron chi connectivity index (χ1n) is 10.1. The van der Waals surface area contributed by atoms with E-state index in [0.717, 1.165) is 55.7 Å². The van der Waals surface area contributed by atoms with Crippen LogP contribution in [-0.2, 0) is 16.0 Å². The van der Waals surface area contributed by atoms with Gasteiger partial charge in [-0.2, -0.15) is 0 Å². The number of fused-ring (bicyclic) bond motifs is 1. The minimum atomic E-state index is 0.0391. The van der Waals surface area contributed by atoms with Crippen molar-refractivity contribution in [2.24, 2.45) is 0 Å². The summed E-state index contributed by atoms with van der Waals surface area (Å²) in [5.41, 5.74) is 3.40. The third-order valence-corrected chi connectivity index (χ3v) is 5.66. The van der Waals surface area contributed by atoms with Crippen LogP contribution in [0.4, 0.5) is 5.82 Å². The monoisotopic (exact) mass is 376 g/mol. The molecule has 0 bridgehead atoms. The van der Waals surface area contributed by atoms with Crippen molar-refractivity contribution in [2.45, 2.75) is 38.0 Å². The number of hydrogen-bond donors (Lipinski definition) is 1. The summed E-state index contributed by atoms with van der Waals surface area (Å²) in [5.74, 6) is 1.41. The van der Waals surface area contributed by atoms with Gasteiger partial charge in [0, 0.05) is 30.3 Å². The van der Waals surface area contributed by atoms with Crippen molar-refractivity contribution in [3.05, 3.63) is 65.4 Å². The highest BCUT2D eigenvalue weighted by molar-refractivity contribution is 5.93. The van der Waals surface area contributed by atoms with E-state index >= 15 is 0 Å². The molecule has 1 atom stereocenters. The first-order chi connectivity index (χ1) is 13.7. The molecule has 0 spiro atoms. The largest absolute Gasteiger partial charge is 0.339 e. The normalized spacial score (nSPS) is 19.8. The Kier molecular flexibility index (Phi) is 5.51. The Morgan fingerprint density at radius 1 is 1.14 bits per heavy atom. The molecule has 28 heavy (non-hydrogen) atoms. The van der Waals surface area contributed by atoms with Gasteiger partial charge in [-0.1, -0.05) is 30.3 Å². The molecule has 4 rings (SSSR count). The first kappa shape index (κ1) is 18.4. The summed E-state index contributed by atoms with van der Waals surface area (Å²) in [5, 5.41) is 2.83. The van der Waals surface area contributed by atoms with Crippen molar-refractivity contribution in [3.63, 3.8) is 0 Å². The predicted molar refractivity (Wildman–Crippen MR) is 109 cm³/mol. The molecule has 5 nitrogen and oxygen atoms in total. The summed E-state index contributed by atoms with van der Waals surface area (Å²) < 4.78 is 0. The fourth-order valence-corrected chi connectivity index (χ4v) is 4.07. The number of pyridine rings is 1. The number of amides is 2. The smallest absolute Gasteiger partial charge is 0.307 e. The van der Waals surface area contributed by atoms with E-state index in [1.165, 1.54) is 5.56 Å². The Hall–Kier alpha value is -2.95. The van der Waals surface area contributed by atoms with E-state index in [0.29, 0.717) is 12.3 Å². The van der Waals surface area contributed by atoms with Crippen LogP contribution in [0.15, 0.2) is 48.7 Å². The van der Waals surface area contributed by atoms with Gasteiger partial charge in [-0.05, 0) is 49.3 Å². The average Bonchev–Trinajstić information content (AvgIpc) is 2.99. The highest BCUT2D eigenvalue weighted by Crippen LogP contribution is 2.28. The second-order valence-electron chi connectivity index (χ2n) is 7.58. The molecule has 2 amide bonds. The summed E-state index contributed by atoms with van der Waals surface area (Å²) in [6.07, 6.45) is 9.74. The molecule has 0 saturated carbocycles. The number of nitrogens with zero attached hydrogens (tertiary/aromatic N) is 1. The van der Waals surface area contributed by atoms with E-state index in [2.05, 4.69) is 34.6 Å². The molecule has 5 heteroatoms. The summed E-state index contributed by atoms with van der Waals surface area (Å²) in [7, 11) is 0. The maximum Gasteiger partial charge on any atom is 0.307 e. The predicted octanol–water partition coefficient (Wildman–Crippen LogP) is 3.19. The molecule has 2 N–H and O–H groups in total. The summed E-state index contributed by atoms with van der Waals surface area (Å²) in [4.78, 5) is 29.2. The van der Waals surface area contributed by atoms with Gasteiger partial charge in [0.25, 0.3) is 5.82 Å². The lowest BCUT2D eigenvalue weighted by Crippen LogP contribution is -2.30. The number of carbonyl (C=O) groups excluding carboxylic acids is 2. The average molecular weight is 376 g/mol. The number of likely N-dealkylation sites (tertiary alicyclic amines) is 1.